The topological polar surface area (TPSA) is 134 Å². The number of aliphatic hydroxyl groups excluding tert-OH is 4. The van der Waals surface area contributed by atoms with Crippen LogP contribution in [0.5, 0.6) is 0 Å². The van der Waals surface area contributed by atoms with Crippen molar-refractivity contribution in [1.29, 1.82) is 0 Å². The van der Waals surface area contributed by atoms with E-state index in [4.69, 9.17) is 9.47 Å². The van der Waals surface area contributed by atoms with Gasteiger partial charge in [0.05, 0.1) is 11.1 Å². The molecule has 8 heteroatoms. The Kier molecular flexibility index (Phi) is 6.05. The van der Waals surface area contributed by atoms with Crippen molar-refractivity contribution in [2.75, 3.05) is 0 Å². The molecule has 1 fully saturated rings. The first-order chi connectivity index (χ1) is 13.4. The van der Waals surface area contributed by atoms with Crippen LogP contribution < -0.4 is 0 Å². The molecule has 3 rings (SSSR count). The second kappa shape index (κ2) is 8.49. The number of benzene rings is 2. The number of carbonyl (C=O) groups excluding carboxylic acids is 2. The van der Waals surface area contributed by atoms with E-state index in [1.54, 1.807) is 36.4 Å². The van der Waals surface area contributed by atoms with Crippen molar-refractivity contribution in [1.82, 2.24) is 0 Å². The van der Waals surface area contributed by atoms with Crippen molar-refractivity contribution in [3.05, 3.63) is 71.8 Å². The zero-order valence-corrected chi connectivity index (χ0v) is 14.7. The number of esters is 2. The van der Waals surface area contributed by atoms with E-state index < -0.39 is 48.6 Å². The van der Waals surface area contributed by atoms with Crippen molar-refractivity contribution >= 4 is 11.9 Å². The molecule has 0 unspecified atom stereocenters. The van der Waals surface area contributed by atoms with E-state index in [2.05, 4.69) is 0 Å². The van der Waals surface area contributed by atoms with Crippen LogP contribution in [0.3, 0.4) is 0 Å². The Balaban J connectivity index is 1.84. The Morgan fingerprint density at radius 2 is 0.893 bits per heavy atom. The smallest absolute Gasteiger partial charge is 0.338 e. The van der Waals surface area contributed by atoms with Crippen LogP contribution in [0.25, 0.3) is 0 Å². The lowest BCUT2D eigenvalue weighted by molar-refractivity contribution is -0.223. The Hall–Kier alpha value is -2.78. The first-order valence-corrected chi connectivity index (χ1v) is 8.64. The molecule has 4 N–H and O–H groups in total. The van der Waals surface area contributed by atoms with Gasteiger partial charge >= 0.3 is 11.9 Å². The minimum atomic E-state index is -1.80. The van der Waals surface area contributed by atoms with Crippen LogP contribution in [0, 0.1) is 0 Å². The molecule has 1 aliphatic rings. The van der Waals surface area contributed by atoms with E-state index in [0.29, 0.717) is 0 Å². The maximum atomic E-state index is 12.4. The minimum Gasteiger partial charge on any atom is -0.452 e. The van der Waals surface area contributed by atoms with Crippen LogP contribution in [-0.4, -0.2) is 69.0 Å². The summed E-state index contributed by atoms with van der Waals surface area (Å²) >= 11 is 0. The van der Waals surface area contributed by atoms with Gasteiger partial charge in [-0.25, -0.2) is 9.59 Å². The van der Waals surface area contributed by atoms with Gasteiger partial charge in [0.2, 0.25) is 0 Å². The van der Waals surface area contributed by atoms with Gasteiger partial charge in [-0.2, -0.15) is 0 Å². The molecule has 28 heavy (non-hydrogen) atoms. The molecule has 0 bridgehead atoms. The van der Waals surface area contributed by atoms with Gasteiger partial charge in [0.25, 0.3) is 0 Å². The van der Waals surface area contributed by atoms with E-state index in [1.165, 1.54) is 24.3 Å². The third kappa shape index (κ3) is 4.05. The van der Waals surface area contributed by atoms with E-state index >= 15 is 0 Å². The third-order valence-corrected chi connectivity index (χ3v) is 4.55. The maximum Gasteiger partial charge on any atom is 0.338 e. The van der Waals surface area contributed by atoms with Crippen molar-refractivity contribution in [2.24, 2.45) is 0 Å². The van der Waals surface area contributed by atoms with Gasteiger partial charge in [0.1, 0.15) is 24.4 Å². The van der Waals surface area contributed by atoms with Gasteiger partial charge in [-0.15, -0.1) is 0 Å². The van der Waals surface area contributed by atoms with Gasteiger partial charge in [0.15, 0.2) is 12.2 Å². The summed E-state index contributed by atoms with van der Waals surface area (Å²) in [6.07, 6.45) is -10.3. The Labute approximate surface area is 160 Å². The average molecular weight is 388 g/mol. The molecule has 0 aliphatic heterocycles. The van der Waals surface area contributed by atoms with Crippen molar-refractivity contribution in [3.8, 4) is 0 Å². The van der Waals surface area contributed by atoms with E-state index in [0.717, 1.165) is 0 Å². The highest BCUT2D eigenvalue weighted by atomic mass is 16.6. The van der Waals surface area contributed by atoms with Crippen molar-refractivity contribution in [2.45, 2.75) is 36.6 Å². The molecule has 0 saturated heterocycles. The molecule has 6 atom stereocenters. The number of aliphatic hydroxyl groups is 4. The van der Waals surface area contributed by atoms with Crippen LogP contribution in [-0.2, 0) is 9.47 Å². The largest absolute Gasteiger partial charge is 0.452 e. The highest BCUT2D eigenvalue weighted by Crippen LogP contribution is 2.28. The predicted molar refractivity (Wildman–Crippen MR) is 95.3 cm³/mol. The highest BCUT2D eigenvalue weighted by molar-refractivity contribution is 5.90. The molecule has 2 aromatic rings. The monoisotopic (exact) mass is 388 g/mol. The van der Waals surface area contributed by atoms with Crippen molar-refractivity contribution in [3.63, 3.8) is 0 Å². The lowest BCUT2D eigenvalue weighted by atomic mass is 9.84. The molecule has 2 aromatic carbocycles. The first kappa shape index (κ1) is 20.0. The molecule has 148 valence electrons. The maximum absolute atomic E-state index is 12.4. The van der Waals surface area contributed by atoms with Gasteiger partial charge in [0, 0.05) is 0 Å². The van der Waals surface area contributed by atoms with Crippen LogP contribution in [0.1, 0.15) is 20.7 Å². The fraction of sp³-hybridized carbons (Fsp3) is 0.300. The summed E-state index contributed by atoms with van der Waals surface area (Å²) in [7, 11) is 0. The molecule has 0 heterocycles. The molecule has 1 saturated carbocycles. The van der Waals surface area contributed by atoms with Gasteiger partial charge in [-0.05, 0) is 24.3 Å². The van der Waals surface area contributed by atoms with Crippen LogP contribution >= 0.6 is 0 Å². The molecular weight excluding hydrogens is 368 g/mol. The summed E-state index contributed by atoms with van der Waals surface area (Å²) < 4.78 is 10.5. The summed E-state index contributed by atoms with van der Waals surface area (Å²) in [6, 6.07) is 15.7. The normalized spacial score (nSPS) is 29.7. The zero-order valence-electron chi connectivity index (χ0n) is 14.7. The second-order valence-corrected chi connectivity index (χ2v) is 6.43. The molecule has 0 spiro atoms. The average Bonchev–Trinajstić information content (AvgIpc) is 2.74. The van der Waals surface area contributed by atoms with Crippen LogP contribution in [0.15, 0.2) is 60.7 Å². The van der Waals surface area contributed by atoms with Gasteiger partial charge in [-0.3, -0.25) is 0 Å². The van der Waals surface area contributed by atoms with E-state index in [1.807, 2.05) is 0 Å². The lowest BCUT2D eigenvalue weighted by Gasteiger charge is -2.42. The summed E-state index contributed by atoms with van der Waals surface area (Å²) in [5.74, 6) is -1.69. The summed E-state index contributed by atoms with van der Waals surface area (Å²) in [5, 5.41) is 40.5. The van der Waals surface area contributed by atoms with E-state index in [-0.39, 0.29) is 11.1 Å². The Bertz CT molecular complexity index is 740. The first-order valence-electron chi connectivity index (χ1n) is 8.64. The highest BCUT2D eigenvalue weighted by Gasteiger charge is 2.53. The minimum absolute atomic E-state index is 0.165. The number of hydrogen-bond donors (Lipinski definition) is 4. The number of ether oxygens (including phenoxy) is 2. The number of rotatable bonds is 4. The number of hydrogen-bond acceptors (Lipinski definition) is 8. The summed E-state index contributed by atoms with van der Waals surface area (Å²) in [5.41, 5.74) is 0.330. The molecule has 0 radical (unpaired) electrons. The molecule has 0 aromatic heterocycles. The third-order valence-electron chi connectivity index (χ3n) is 4.55. The lowest BCUT2D eigenvalue weighted by Crippen LogP contribution is -2.65. The molecule has 0 amide bonds. The Morgan fingerprint density at radius 3 is 1.21 bits per heavy atom. The second-order valence-electron chi connectivity index (χ2n) is 6.43. The number of carbonyl (C=O) groups is 2. The fourth-order valence-corrected chi connectivity index (χ4v) is 2.99. The van der Waals surface area contributed by atoms with Crippen molar-refractivity contribution < 1.29 is 39.5 Å². The SMILES string of the molecule is O=C(O[C@H]1[C@H](O)[C@@H](O)[C@H](O)[C@@H](O)[C@@H]1OC(=O)c1ccccc1)c1ccccc1. The zero-order chi connectivity index (χ0) is 20.3. The predicted octanol–water partition coefficient (Wildman–Crippen LogP) is -0.105. The quantitative estimate of drug-likeness (QED) is 0.534. The van der Waals surface area contributed by atoms with Crippen LogP contribution in [0.2, 0.25) is 0 Å². The fourth-order valence-electron chi connectivity index (χ4n) is 2.99. The van der Waals surface area contributed by atoms with Gasteiger partial charge < -0.3 is 29.9 Å². The Morgan fingerprint density at radius 1 is 0.571 bits per heavy atom. The molecular formula is C20H20O8. The molecule has 8 nitrogen and oxygen atoms in total. The van der Waals surface area contributed by atoms with Crippen LogP contribution in [0.4, 0.5) is 0 Å². The summed E-state index contributed by atoms with van der Waals surface area (Å²) in [6.45, 7) is 0. The molecule has 1 aliphatic carbocycles. The summed E-state index contributed by atoms with van der Waals surface area (Å²) in [4.78, 5) is 24.7. The van der Waals surface area contributed by atoms with E-state index in [9.17, 15) is 30.0 Å². The standard InChI is InChI=1S/C20H20O8/c21-13-14(22)16(24)18(28-20(26)12-9-5-2-6-10-12)17(15(13)23)27-19(25)11-7-3-1-4-8-11/h1-10,13-18,21-24H/t13-,14-,15+,16+,17-,18-/m0/s1. The van der Waals surface area contributed by atoms with Gasteiger partial charge in [-0.1, -0.05) is 36.4 Å².